The highest BCUT2D eigenvalue weighted by Gasteiger charge is 2.27. The van der Waals surface area contributed by atoms with Crippen LogP contribution >= 0.6 is 7.82 Å². The van der Waals surface area contributed by atoms with Crippen molar-refractivity contribution >= 4 is 13.7 Å². The van der Waals surface area contributed by atoms with Crippen LogP contribution in [0.4, 0.5) is 0 Å². The molecule has 9 heteroatoms. The first-order valence-electron chi connectivity index (χ1n) is 22.1. The summed E-state index contributed by atoms with van der Waals surface area (Å²) in [7, 11) is 1.57. The molecule has 8 nitrogen and oxygen atoms in total. The molecule has 0 fully saturated rings. The number of nitrogens with zero attached hydrogens (tertiary/aromatic N) is 1. The molecule has 0 heterocycles. The van der Waals surface area contributed by atoms with Crippen LogP contribution in [0.15, 0.2) is 12.2 Å². The zero-order valence-corrected chi connectivity index (χ0v) is 36.0. The summed E-state index contributed by atoms with van der Waals surface area (Å²) in [6, 6.07) is -0.836. The van der Waals surface area contributed by atoms with E-state index < -0.39 is 20.0 Å². The molecule has 0 radical (unpaired) electrons. The largest absolute Gasteiger partial charge is 0.472 e. The van der Waals surface area contributed by atoms with Crippen LogP contribution < -0.4 is 5.32 Å². The molecule has 0 aromatic carbocycles. The summed E-state index contributed by atoms with van der Waals surface area (Å²) in [5.41, 5.74) is 0. The third-order valence-corrected chi connectivity index (χ3v) is 11.0. The van der Waals surface area contributed by atoms with E-state index in [0.29, 0.717) is 17.4 Å². The normalized spacial score (nSPS) is 14.5. The number of aliphatic hydroxyl groups is 1. The number of hydrogen-bond acceptors (Lipinski definition) is 5. The second kappa shape index (κ2) is 35.9. The monoisotopic (exact) mass is 760 g/mol. The molecular formula is C43H88N2O6P+. The number of rotatable bonds is 40. The molecule has 0 spiro atoms. The zero-order chi connectivity index (χ0) is 38.6. The van der Waals surface area contributed by atoms with Crippen molar-refractivity contribution in [2.24, 2.45) is 0 Å². The molecule has 0 aliphatic heterocycles. The third-order valence-electron chi connectivity index (χ3n) is 10.0. The van der Waals surface area contributed by atoms with Crippen molar-refractivity contribution in [3.05, 3.63) is 12.2 Å². The molecule has 0 aliphatic carbocycles. The zero-order valence-electron chi connectivity index (χ0n) is 35.1. The second-order valence-corrected chi connectivity index (χ2v) is 17.9. The Morgan fingerprint density at radius 3 is 1.40 bits per heavy atom. The molecule has 1 amide bonds. The summed E-state index contributed by atoms with van der Waals surface area (Å²) >= 11 is 0. The second-order valence-electron chi connectivity index (χ2n) is 16.4. The van der Waals surface area contributed by atoms with Crippen LogP contribution in [-0.2, 0) is 18.4 Å². The Morgan fingerprint density at radius 2 is 1.02 bits per heavy atom. The Labute approximate surface area is 322 Å². The number of phosphoric ester groups is 1. The van der Waals surface area contributed by atoms with E-state index in [9.17, 15) is 19.4 Å². The number of phosphoric acid groups is 1. The lowest BCUT2D eigenvalue weighted by Gasteiger charge is -2.25. The van der Waals surface area contributed by atoms with Gasteiger partial charge in [-0.1, -0.05) is 193 Å². The molecular weight excluding hydrogens is 671 g/mol. The lowest BCUT2D eigenvalue weighted by molar-refractivity contribution is -0.870. The number of nitrogens with one attached hydrogen (secondary N) is 1. The Morgan fingerprint density at radius 1 is 0.635 bits per heavy atom. The van der Waals surface area contributed by atoms with Crippen LogP contribution in [0.5, 0.6) is 0 Å². The molecule has 3 N–H and O–H groups in total. The maximum atomic E-state index is 12.4. The van der Waals surface area contributed by atoms with Gasteiger partial charge in [0.25, 0.3) is 0 Å². The quantitative estimate of drug-likeness (QED) is 0.0249. The van der Waals surface area contributed by atoms with Crippen LogP contribution in [0.3, 0.4) is 0 Å². The van der Waals surface area contributed by atoms with Crippen LogP contribution in [0.2, 0.25) is 0 Å². The standard InChI is InChI=1S/C43H87N2O6P/c1-6-8-10-11-12-13-14-15-16-17-18-19-20-21-22-23-24-25-26-27-28-29-30-31-32-33-34-35-36-42(46)41(44-43(47)37-9-7-2)40-51-52(48,49)50-39-38-45(3,4)5/h35-36,41-42,46H,6-34,37-40H2,1-5H3,(H-,44,47,48,49)/p+1/b36-35+. The predicted octanol–water partition coefficient (Wildman–Crippen LogP) is 12.0. The number of carbonyl (C=O) groups is 1. The minimum atomic E-state index is -4.31. The predicted molar refractivity (Wildman–Crippen MR) is 222 cm³/mol. The van der Waals surface area contributed by atoms with Gasteiger partial charge in [-0.3, -0.25) is 13.8 Å². The van der Waals surface area contributed by atoms with Gasteiger partial charge in [0.15, 0.2) is 0 Å². The highest BCUT2D eigenvalue weighted by molar-refractivity contribution is 7.47. The van der Waals surface area contributed by atoms with Crippen LogP contribution in [0, 0.1) is 0 Å². The average molecular weight is 760 g/mol. The number of amides is 1. The van der Waals surface area contributed by atoms with E-state index >= 15 is 0 Å². The first-order valence-corrected chi connectivity index (χ1v) is 23.6. The lowest BCUT2D eigenvalue weighted by atomic mass is 10.0. The number of likely N-dealkylation sites (N-methyl/N-ethyl adjacent to an activating group) is 1. The molecule has 0 rings (SSSR count). The fourth-order valence-corrected chi connectivity index (χ4v) is 7.17. The summed E-state index contributed by atoms with van der Waals surface area (Å²) in [4.78, 5) is 22.5. The van der Waals surface area contributed by atoms with E-state index in [2.05, 4.69) is 12.2 Å². The first kappa shape index (κ1) is 51.2. The fraction of sp³-hybridized carbons (Fsp3) is 0.930. The highest BCUT2D eigenvalue weighted by atomic mass is 31.2. The molecule has 0 aliphatic rings. The smallest absolute Gasteiger partial charge is 0.387 e. The number of hydrogen-bond donors (Lipinski definition) is 3. The van der Waals surface area contributed by atoms with E-state index in [0.717, 1.165) is 32.1 Å². The Hall–Kier alpha value is -0.760. The summed E-state index contributed by atoms with van der Waals surface area (Å²) in [5.74, 6) is -0.211. The van der Waals surface area contributed by atoms with Gasteiger partial charge < -0.3 is 19.8 Å². The molecule has 3 atom stereocenters. The summed E-state index contributed by atoms with van der Waals surface area (Å²) in [6.45, 7) is 4.58. The van der Waals surface area contributed by atoms with Crippen molar-refractivity contribution < 1.29 is 32.9 Å². The van der Waals surface area contributed by atoms with Crippen molar-refractivity contribution in [2.45, 2.75) is 219 Å². The highest BCUT2D eigenvalue weighted by Crippen LogP contribution is 2.43. The van der Waals surface area contributed by atoms with Crippen LogP contribution in [0.1, 0.15) is 206 Å². The fourth-order valence-electron chi connectivity index (χ4n) is 6.43. The topological polar surface area (TPSA) is 105 Å². The van der Waals surface area contributed by atoms with Crippen molar-refractivity contribution in [2.75, 3.05) is 40.9 Å². The van der Waals surface area contributed by atoms with Crippen molar-refractivity contribution in [3.63, 3.8) is 0 Å². The minimum absolute atomic E-state index is 0.0624. The summed E-state index contributed by atoms with van der Waals surface area (Å²) < 4.78 is 23.2. The van der Waals surface area contributed by atoms with E-state index in [-0.39, 0.29) is 19.1 Å². The van der Waals surface area contributed by atoms with E-state index in [4.69, 9.17) is 9.05 Å². The van der Waals surface area contributed by atoms with Gasteiger partial charge in [0.1, 0.15) is 13.2 Å². The summed E-state index contributed by atoms with van der Waals surface area (Å²) in [6.07, 6.45) is 41.3. The van der Waals surface area contributed by atoms with Crippen molar-refractivity contribution in [1.82, 2.24) is 5.32 Å². The Bertz CT molecular complexity index is 865. The number of aliphatic hydroxyl groups excluding tert-OH is 1. The van der Waals surface area contributed by atoms with Gasteiger partial charge in [-0.2, -0.15) is 0 Å². The number of quaternary nitrogens is 1. The average Bonchev–Trinajstić information content (AvgIpc) is 3.09. The molecule has 3 unspecified atom stereocenters. The van der Waals surface area contributed by atoms with Crippen LogP contribution in [-0.4, -0.2) is 73.4 Å². The Kier molecular flexibility index (Phi) is 35.4. The number of allylic oxidation sites excluding steroid dienone is 1. The summed E-state index contributed by atoms with van der Waals surface area (Å²) in [5, 5.41) is 13.5. The van der Waals surface area contributed by atoms with Gasteiger partial charge in [-0.15, -0.1) is 0 Å². The Balaban J connectivity index is 3.82. The van der Waals surface area contributed by atoms with Gasteiger partial charge in [-0.05, 0) is 19.3 Å². The van der Waals surface area contributed by atoms with E-state index in [1.165, 1.54) is 154 Å². The minimum Gasteiger partial charge on any atom is -0.387 e. The first-order chi connectivity index (χ1) is 25.0. The molecule has 0 bridgehead atoms. The molecule has 0 saturated carbocycles. The van der Waals surface area contributed by atoms with Gasteiger partial charge >= 0.3 is 7.82 Å². The molecule has 310 valence electrons. The molecule has 52 heavy (non-hydrogen) atoms. The van der Waals surface area contributed by atoms with E-state index in [1.54, 1.807) is 6.08 Å². The number of carbonyl (C=O) groups excluding carboxylic acids is 1. The van der Waals surface area contributed by atoms with Gasteiger partial charge in [0.05, 0.1) is 39.9 Å². The lowest BCUT2D eigenvalue weighted by Crippen LogP contribution is -2.45. The van der Waals surface area contributed by atoms with Gasteiger partial charge in [0.2, 0.25) is 5.91 Å². The SMILES string of the molecule is CCCCCCCCCCCCCCCCCCCCCCCCCCCC/C=C/C(O)C(COP(=O)(O)OCC[N+](C)(C)C)NC(=O)CCCC. The maximum Gasteiger partial charge on any atom is 0.472 e. The van der Waals surface area contributed by atoms with Gasteiger partial charge in [0, 0.05) is 6.42 Å². The van der Waals surface area contributed by atoms with E-state index in [1.807, 2.05) is 34.1 Å². The maximum absolute atomic E-state index is 12.4. The molecule has 0 saturated heterocycles. The van der Waals surface area contributed by atoms with Crippen LogP contribution in [0.25, 0.3) is 0 Å². The molecule has 0 aromatic rings. The number of unbranched alkanes of at least 4 members (excludes halogenated alkanes) is 27. The van der Waals surface area contributed by atoms with Gasteiger partial charge in [-0.25, -0.2) is 4.57 Å². The molecule has 0 aromatic heterocycles. The van der Waals surface area contributed by atoms with Crippen molar-refractivity contribution in [1.29, 1.82) is 0 Å². The third kappa shape index (κ3) is 37.6. The van der Waals surface area contributed by atoms with Crippen molar-refractivity contribution in [3.8, 4) is 0 Å².